The molecular weight excluding hydrogens is 469 g/mol. The van der Waals surface area contributed by atoms with E-state index in [0.717, 1.165) is 4.90 Å². The Balaban J connectivity index is 1.80. The first-order valence-electron chi connectivity index (χ1n) is 8.87. The van der Waals surface area contributed by atoms with Crippen LogP contribution in [-0.4, -0.2) is 57.5 Å². The highest BCUT2D eigenvalue weighted by Crippen LogP contribution is 2.40. The smallest absolute Gasteiger partial charge is 0.352 e. The summed E-state index contributed by atoms with van der Waals surface area (Å²) in [7, 11) is 0. The third-order valence-electron chi connectivity index (χ3n) is 4.60. The normalized spacial score (nSPS) is 19.8. The number of fused-ring (bicyclic) bond motifs is 1. The Labute approximate surface area is 191 Å². The summed E-state index contributed by atoms with van der Waals surface area (Å²) in [6.07, 6.45) is 0. The van der Waals surface area contributed by atoms with Crippen molar-refractivity contribution in [2.75, 3.05) is 18.1 Å². The van der Waals surface area contributed by atoms with Crippen LogP contribution in [0.1, 0.15) is 12.5 Å². The summed E-state index contributed by atoms with van der Waals surface area (Å²) in [6, 6.07) is 5.29. The lowest BCUT2D eigenvalue weighted by molar-refractivity contribution is -0.150. The predicted molar refractivity (Wildman–Crippen MR) is 116 cm³/mol. The molecule has 2 atom stereocenters. The fourth-order valence-electron chi connectivity index (χ4n) is 3.17. The van der Waals surface area contributed by atoms with Gasteiger partial charge >= 0.3 is 11.9 Å². The Morgan fingerprint density at radius 1 is 1.29 bits per heavy atom. The van der Waals surface area contributed by atoms with Gasteiger partial charge in [-0.3, -0.25) is 19.3 Å². The van der Waals surface area contributed by atoms with Crippen LogP contribution in [0.4, 0.5) is 5.69 Å². The molecule has 0 bridgehead atoms. The molecule has 2 amide bonds. The van der Waals surface area contributed by atoms with Crippen molar-refractivity contribution < 1.29 is 29.0 Å². The van der Waals surface area contributed by atoms with Gasteiger partial charge in [0.05, 0.1) is 5.57 Å². The van der Waals surface area contributed by atoms with Gasteiger partial charge < -0.3 is 20.9 Å². The van der Waals surface area contributed by atoms with E-state index in [2.05, 4.69) is 5.32 Å². The number of nitrogens with zero attached hydrogens (tertiary/aromatic N) is 1. The number of hydrogen-bond acceptors (Lipinski definition) is 7. The first-order chi connectivity index (χ1) is 14.6. The van der Waals surface area contributed by atoms with Crippen molar-refractivity contribution in [3.63, 3.8) is 0 Å². The quantitative estimate of drug-likeness (QED) is 0.239. The van der Waals surface area contributed by atoms with Crippen LogP contribution < -0.4 is 11.1 Å². The van der Waals surface area contributed by atoms with E-state index in [9.17, 15) is 24.3 Å². The molecular formula is C19H17Cl2N3O6S. The number of esters is 1. The van der Waals surface area contributed by atoms with Crippen molar-refractivity contribution in [2.45, 2.75) is 18.3 Å². The lowest BCUT2D eigenvalue weighted by atomic mass is 10.0. The van der Waals surface area contributed by atoms with Gasteiger partial charge in [-0.25, -0.2) is 4.79 Å². The zero-order valence-corrected chi connectivity index (χ0v) is 18.4. The average Bonchev–Trinajstić information content (AvgIpc) is 2.70. The van der Waals surface area contributed by atoms with E-state index in [0.29, 0.717) is 16.8 Å². The number of β-lactam (4-membered cyclic amide) rings is 1. The minimum atomic E-state index is -1.32. The number of aliphatic carboxylic acids is 1. The number of carboxylic acids is 1. The molecule has 2 aliphatic heterocycles. The van der Waals surface area contributed by atoms with Gasteiger partial charge in [0.15, 0.2) is 0 Å². The van der Waals surface area contributed by atoms with Crippen molar-refractivity contribution in [1.29, 1.82) is 0 Å². The lowest BCUT2D eigenvalue weighted by Crippen LogP contribution is -2.70. The highest BCUT2D eigenvalue weighted by atomic mass is 35.5. The summed E-state index contributed by atoms with van der Waals surface area (Å²) in [6.45, 7) is 0.970. The van der Waals surface area contributed by atoms with Crippen molar-refractivity contribution >= 4 is 70.0 Å². The summed E-state index contributed by atoms with van der Waals surface area (Å²) in [5.74, 6) is -2.96. The highest BCUT2D eigenvalue weighted by Gasteiger charge is 2.54. The highest BCUT2D eigenvalue weighted by molar-refractivity contribution is 8.00. The summed E-state index contributed by atoms with van der Waals surface area (Å²) in [5.41, 5.74) is 6.55. The number of halogens is 2. The molecule has 164 valence electrons. The molecule has 1 saturated heterocycles. The third kappa shape index (κ3) is 4.65. The Morgan fingerprint density at radius 2 is 1.94 bits per heavy atom. The maximum Gasteiger partial charge on any atom is 0.352 e. The van der Waals surface area contributed by atoms with Gasteiger partial charge in [0.25, 0.3) is 11.8 Å². The molecule has 0 aliphatic carbocycles. The van der Waals surface area contributed by atoms with Crippen molar-refractivity contribution in [1.82, 2.24) is 10.2 Å². The fraction of sp³-hybridized carbons (Fsp3) is 0.263. The second-order valence-corrected chi connectivity index (χ2v) is 8.71. The minimum Gasteiger partial charge on any atom is -0.477 e. The van der Waals surface area contributed by atoms with Crippen LogP contribution in [0, 0.1) is 0 Å². The minimum absolute atomic E-state index is 0.0417. The molecule has 1 fully saturated rings. The van der Waals surface area contributed by atoms with E-state index < -0.39 is 35.2 Å². The Kier molecular flexibility index (Phi) is 6.83. The van der Waals surface area contributed by atoms with Gasteiger partial charge in [0.2, 0.25) is 0 Å². The number of nitrogens with two attached hydrogens (primary N) is 1. The molecule has 3 rings (SSSR count). The summed E-state index contributed by atoms with van der Waals surface area (Å²) < 4.78 is 4.59. The molecule has 0 aromatic heterocycles. The number of rotatable bonds is 6. The predicted octanol–water partition coefficient (Wildman–Crippen LogP) is 1.72. The van der Waals surface area contributed by atoms with E-state index in [4.69, 9.17) is 33.7 Å². The molecule has 2 aliphatic rings. The monoisotopic (exact) mass is 485 g/mol. The van der Waals surface area contributed by atoms with Crippen LogP contribution in [0.5, 0.6) is 0 Å². The molecule has 1 aromatic carbocycles. The van der Waals surface area contributed by atoms with Gasteiger partial charge in [0.1, 0.15) is 28.2 Å². The van der Waals surface area contributed by atoms with E-state index in [1.165, 1.54) is 18.7 Å². The number of carboxylic acid groups (broad SMARTS) is 1. The van der Waals surface area contributed by atoms with Gasteiger partial charge in [-0.2, -0.15) is 0 Å². The third-order valence-corrected chi connectivity index (χ3v) is 6.32. The van der Waals surface area contributed by atoms with Crippen LogP contribution in [0.2, 0.25) is 0 Å². The SMILES string of the molecule is CC(=O)OCC1=C(C(=O)O)N2C(=O)C(NC(=O)C(=C(Cl)Cl)c3ccc(N)cc3)[C@@H]2SC1. The number of nitrogens with one attached hydrogen (secondary N) is 1. The van der Waals surface area contributed by atoms with E-state index in [-0.39, 0.29) is 28.1 Å². The number of carbonyl (C=O) groups excluding carboxylic acids is 3. The first kappa shape index (κ1) is 23.0. The maximum atomic E-state index is 12.8. The van der Waals surface area contributed by atoms with Gasteiger partial charge in [-0.1, -0.05) is 35.3 Å². The van der Waals surface area contributed by atoms with E-state index in [1.807, 2.05) is 0 Å². The zero-order valence-electron chi connectivity index (χ0n) is 16.1. The second kappa shape index (κ2) is 9.21. The average molecular weight is 486 g/mol. The number of nitrogen functional groups attached to an aromatic ring is 1. The molecule has 1 unspecified atom stereocenters. The maximum absolute atomic E-state index is 12.8. The van der Waals surface area contributed by atoms with Crippen LogP contribution in [0.25, 0.3) is 5.57 Å². The molecule has 1 aromatic rings. The number of thioether (sulfide) groups is 1. The Bertz CT molecular complexity index is 1020. The zero-order chi connectivity index (χ0) is 22.9. The molecule has 0 radical (unpaired) electrons. The number of hydrogen-bond donors (Lipinski definition) is 3. The van der Waals surface area contributed by atoms with E-state index >= 15 is 0 Å². The Hall–Kier alpha value is -2.69. The molecule has 9 nitrogen and oxygen atoms in total. The number of ether oxygens (including phenoxy) is 1. The van der Waals surface area contributed by atoms with Crippen molar-refractivity contribution in [3.8, 4) is 0 Å². The summed E-state index contributed by atoms with van der Waals surface area (Å²) in [4.78, 5) is 49.4. The number of carbonyl (C=O) groups is 4. The molecule has 4 N–H and O–H groups in total. The van der Waals surface area contributed by atoms with Crippen LogP contribution in [0.3, 0.4) is 0 Å². The Morgan fingerprint density at radius 3 is 2.48 bits per heavy atom. The fourth-order valence-corrected chi connectivity index (χ4v) is 4.89. The topological polar surface area (TPSA) is 139 Å². The second-order valence-electron chi connectivity index (χ2n) is 6.66. The van der Waals surface area contributed by atoms with Crippen LogP contribution >= 0.6 is 35.0 Å². The number of benzene rings is 1. The molecule has 31 heavy (non-hydrogen) atoms. The number of amides is 2. The van der Waals surface area contributed by atoms with Gasteiger partial charge in [-0.15, -0.1) is 11.8 Å². The molecule has 0 spiro atoms. The largest absolute Gasteiger partial charge is 0.477 e. The summed E-state index contributed by atoms with van der Waals surface area (Å²) in [5, 5.41) is 11.5. The van der Waals surface area contributed by atoms with Crippen molar-refractivity contribution in [2.24, 2.45) is 0 Å². The molecule has 12 heteroatoms. The molecule has 2 heterocycles. The van der Waals surface area contributed by atoms with Gasteiger partial charge in [0, 0.05) is 23.9 Å². The number of anilines is 1. The van der Waals surface area contributed by atoms with Crippen LogP contribution in [0.15, 0.2) is 40.0 Å². The van der Waals surface area contributed by atoms with E-state index in [1.54, 1.807) is 24.3 Å². The van der Waals surface area contributed by atoms with Gasteiger partial charge in [-0.05, 0) is 17.7 Å². The summed E-state index contributed by atoms with van der Waals surface area (Å²) >= 11 is 13.0. The van der Waals surface area contributed by atoms with Crippen LogP contribution in [-0.2, 0) is 23.9 Å². The first-order valence-corrected chi connectivity index (χ1v) is 10.7. The standard InChI is InChI=1S/C19H17Cl2N3O6S/c1-8(25)30-6-10-7-31-18-13(17(27)24(18)14(10)19(28)29)23-16(26)12(15(20)21)9-2-4-11(22)5-3-9/h2-5,13,18H,6-7,22H2,1H3,(H,23,26)(H,28,29)/t13?,18-/m0/s1. The molecule has 0 saturated carbocycles. The van der Waals surface area contributed by atoms with Crippen molar-refractivity contribution in [3.05, 3.63) is 45.6 Å². The lowest BCUT2D eigenvalue weighted by Gasteiger charge is -2.49.